The van der Waals surface area contributed by atoms with Crippen molar-refractivity contribution in [1.29, 1.82) is 0 Å². The number of nitrogens with zero attached hydrogens (tertiary/aromatic N) is 3. The molecule has 1 N–H and O–H groups in total. The van der Waals surface area contributed by atoms with Gasteiger partial charge in [0.05, 0.1) is 13.2 Å². The first-order valence-corrected chi connectivity index (χ1v) is 8.71. The highest BCUT2D eigenvalue weighted by molar-refractivity contribution is 5.90. The van der Waals surface area contributed by atoms with Gasteiger partial charge < -0.3 is 14.6 Å². The van der Waals surface area contributed by atoms with Crippen LogP contribution in [0, 0.1) is 6.92 Å². The normalized spacial score (nSPS) is 22.0. The number of aryl methyl sites for hydroxylation is 1. The summed E-state index contributed by atoms with van der Waals surface area (Å²) in [5.41, 5.74) is 1.02. The Morgan fingerprint density at radius 2 is 2.04 bits per heavy atom. The number of aromatic amines is 1. The molecule has 3 rings (SSSR count). The number of morpholine rings is 1. The van der Waals surface area contributed by atoms with Crippen molar-refractivity contribution in [2.75, 3.05) is 39.9 Å². The van der Waals surface area contributed by atoms with Crippen LogP contribution in [0.2, 0.25) is 0 Å². The van der Waals surface area contributed by atoms with Crippen molar-refractivity contribution in [1.82, 2.24) is 19.8 Å². The maximum absolute atomic E-state index is 12.6. The molecule has 0 unspecified atom stereocenters. The first-order valence-electron chi connectivity index (χ1n) is 8.71. The summed E-state index contributed by atoms with van der Waals surface area (Å²) in [5, 5.41) is 0. The van der Waals surface area contributed by atoms with Gasteiger partial charge in [0.1, 0.15) is 0 Å². The molecule has 23 heavy (non-hydrogen) atoms. The van der Waals surface area contributed by atoms with Gasteiger partial charge in [0.2, 0.25) is 0 Å². The van der Waals surface area contributed by atoms with Crippen LogP contribution < -0.4 is 0 Å². The highest BCUT2D eigenvalue weighted by Crippen LogP contribution is 2.35. The number of ether oxygens (including phenoxy) is 1. The van der Waals surface area contributed by atoms with Crippen LogP contribution >= 0.6 is 0 Å². The first kappa shape index (κ1) is 16.5. The number of carbonyl (C=O) groups excluding carboxylic acids is 1. The summed E-state index contributed by atoms with van der Waals surface area (Å²) in [6.45, 7) is 6.24. The van der Waals surface area contributed by atoms with E-state index in [1.165, 1.54) is 32.1 Å². The van der Waals surface area contributed by atoms with Crippen LogP contribution in [-0.2, 0) is 4.74 Å². The van der Waals surface area contributed by atoms with Gasteiger partial charge in [-0.2, -0.15) is 0 Å². The van der Waals surface area contributed by atoms with Crippen LogP contribution in [0.25, 0.3) is 0 Å². The van der Waals surface area contributed by atoms with Gasteiger partial charge in [-0.15, -0.1) is 0 Å². The highest BCUT2D eigenvalue weighted by atomic mass is 16.5. The zero-order valence-corrected chi connectivity index (χ0v) is 14.3. The topological polar surface area (TPSA) is 61.5 Å². The molecule has 6 heteroatoms. The van der Waals surface area contributed by atoms with Gasteiger partial charge in [-0.3, -0.25) is 9.69 Å². The van der Waals surface area contributed by atoms with Gasteiger partial charge in [-0.1, -0.05) is 19.3 Å². The predicted molar refractivity (Wildman–Crippen MR) is 88.5 cm³/mol. The summed E-state index contributed by atoms with van der Waals surface area (Å²) in [6.07, 6.45) is 7.85. The van der Waals surface area contributed by atoms with Crippen molar-refractivity contribution in [2.45, 2.75) is 44.6 Å². The number of amides is 1. The van der Waals surface area contributed by atoms with Crippen molar-refractivity contribution in [3.63, 3.8) is 0 Å². The molecular formula is C17H28N4O2. The second-order valence-corrected chi connectivity index (χ2v) is 6.96. The number of carbonyl (C=O) groups is 1. The summed E-state index contributed by atoms with van der Waals surface area (Å²) in [7, 11) is 1.90. The Kier molecular flexibility index (Phi) is 5.02. The van der Waals surface area contributed by atoms with Crippen molar-refractivity contribution in [3.8, 4) is 0 Å². The summed E-state index contributed by atoms with van der Waals surface area (Å²) < 4.78 is 5.52. The number of nitrogens with one attached hydrogen (secondary N) is 1. The third-order valence-electron chi connectivity index (χ3n) is 5.25. The fraction of sp³-hybridized carbons (Fsp3) is 0.765. The molecule has 0 aromatic carbocycles. The molecule has 1 aliphatic carbocycles. The second-order valence-electron chi connectivity index (χ2n) is 6.96. The average molecular weight is 320 g/mol. The Hall–Kier alpha value is -1.40. The van der Waals surface area contributed by atoms with E-state index in [1.807, 2.05) is 18.9 Å². The molecule has 1 saturated carbocycles. The zero-order chi connectivity index (χ0) is 16.3. The van der Waals surface area contributed by atoms with Crippen molar-refractivity contribution in [2.24, 2.45) is 0 Å². The molecule has 6 nitrogen and oxygen atoms in total. The van der Waals surface area contributed by atoms with Crippen molar-refractivity contribution >= 4 is 5.91 Å². The minimum absolute atomic E-state index is 0.0173. The van der Waals surface area contributed by atoms with Gasteiger partial charge in [-0.05, 0) is 19.8 Å². The largest absolute Gasteiger partial charge is 0.379 e. The van der Waals surface area contributed by atoms with Gasteiger partial charge in [-0.25, -0.2) is 4.98 Å². The number of likely N-dealkylation sites (N-methyl/N-ethyl adjacent to an activating group) is 1. The van der Waals surface area contributed by atoms with E-state index in [1.54, 1.807) is 6.20 Å². The fourth-order valence-corrected chi connectivity index (χ4v) is 4.04. The summed E-state index contributed by atoms with van der Waals surface area (Å²) >= 11 is 0. The Bertz CT molecular complexity index is 530. The molecule has 2 fully saturated rings. The van der Waals surface area contributed by atoms with Crippen LogP contribution in [0.3, 0.4) is 0 Å². The Labute approximate surface area is 138 Å². The molecule has 128 valence electrons. The fourth-order valence-electron chi connectivity index (χ4n) is 4.04. The molecular weight excluding hydrogens is 292 g/mol. The lowest BCUT2D eigenvalue weighted by atomic mass is 9.79. The molecule has 1 saturated heterocycles. The molecule has 1 amide bonds. The van der Waals surface area contributed by atoms with Crippen LogP contribution in [0.4, 0.5) is 0 Å². The molecule has 0 radical (unpaired) electrons. The minimum Gasteiger partial charge on any atom is -0.379 e. The van der Waals surface area contributed by atoms with Gasteiger partial charge in [0.25, 0.3) is 5.91 Å². The molecule has 2 aliphatic rings. The Balaban J connectivity index is 1.73. The molecule has 0 bridgehead atoms. The molecule has 0 spiro atoms. The Morgan fingerprint density at radius 3 is 2.65 bits per heavy atom. The quantitative estimate of drug-likeness (QED) is 0.919. The van der Waals surface area contributed by atoms with Crippen LogP contribution in [-0.4, -0.2) is 71.1 Å². The second kappa shape index (κ2) is 7.01. The van der Waals surface area contributed by atoms with E-state index in [0.717, 1.165) is 38.5 Å². The summed E-state index contributed by atoms with van der Waals surface area (Å²) in [6, 6.07) is 0. The van der Waals surface area contributed by atoms with Crippen LogP contribution in [0.1, 0.15) is 48.4 Å². The lowest BCUT2D eigenvalue weighted by Crippen LogP contribution is -2.59. The maximum Gasteiger partial charge on any atom is 0.289 e. The van der Waals surface area contributed by atoms with Crippen LogP contribution in [0.15, 0.2) is 6.20 Å². The molecule has 2 heterocycles. The Morgan fingerprint density at radius 1 is 1.35 bits per heavy atom. The van der Waals surface area contributed by atoms with Crippen molar-refractivity contribution < 1.29 is 9.53 Å². The van der Waals surface area contributed by atoms with E-state index < -0.39 is 0 Å². The predicted octanol–water partition coefficient (Wildman–Crippen LogP) is 1.83. The minimum atomic E-state index is -0.0173. The monoisotopic (exact) mass is 320 g/mol. The van der Waals surface area contributed by atoms with E-state index in [9.17, 15) is 4.79 Å². The zero-order valence-electron chi connectivity index (χ0n) is 14.3. The lowest BCUT2D eigenvalue weighted by Gasteiger charge is -2.49. The standard InChI is InChI=1S/C17H28N4O2/c1-14-12-18-15(19-14)16(22)20(2)13-17(6-4-3-5-7-17)21-8-10-23-11-9-21/h12H,3-11,13H2,1-2H3,(H,18,19). The third-order valence-corrected chi connectivity index (χ3v) is 5.25. The number of H-pyrrole nitrogens is 1. The first-order chi connectivity index (χ1) is 11.1. The third kappa shape index (κ3) is 3.58. The van der Waals surface area contributed by atoms with E-state index >= 15 is 0 Å². The molecule has 0 atom stereocenters. The SMILES string of the molecule is Cc1cnc(C(=O)N(C)CC2(N3CCOCC3)CCCCC2)[nH]1. The van der Waals surface area contributed by atoms with Gasteiger partial charge in [0, 0.05) is 44.1 Å². The number of rotatable bonds is 4. The molecule has 1 aliphatic heterocycles. The number of hydrogen-bond acceptors (Lipinski definition) is 4. The summed E-state index contributed by atoms with van der Waals surface area (Å²) in [4.78, 5) is 24.3. The highest BCUT2D eigenvalue weighted by Gasteiger charge is 2.40. The molecule has 1 aromatic rings. The van der Waals surface area contributed by atoms with Crippen LogP contribution in [0.5, 0.6) is 0 Å². The summed E-state index contributed by atoms with van der Waals surface area (Å²) in [5.74, 6) is 0.425. The maximum atomic E-state index is 12.6. The average Bonchev–Trinajstić information content (AvgIpc) is 3.02. The smallest absolute Gasteiger partial charge is 0.289 e. The van der Waals surface area contributed by atoms with E-state index in [4.69, 9.17) is 4.74 Å². The number of aromatic nitrogens is 2. The van der Waals surface area contributed by atoms with Gasteiger partial charge >= 0.3 is 0 Å². The van der Waals surface area contributed by atoms with E-state index in [2.05, 4.69) is 14.9 Å². The number of imidazole rings is 1. The number of hydrogen-bond donors (Lipinski definition) is 1. The van der Waals surface area contributed by atoms with Crippen molar-refractivity contribution in [3.05, 3.63) is 17.7 Å². The molecule has 1 aromatic heterocycles. The van der Waals surface area contributed by atoms with Gasteiger partial charge in [0.15, 0.2) is 5.82 Å². The van der Waals surface area contributed by atoms with E-state index in [0.29, 0.717) is 5.82 Å². The lowest BCUT2D eigenvalue weighted by molar-refractivity contribution is -0.0460. The van der Waals surface area contributed by atoms with E-state index in [-0.39, 0.29) is 11.4 Å².